The Labute approximate surface area is 117 Å². The van der Waals surface area contributed by atoms with Crippen molar-refractivity contribution in [2.24, 2.45) is 14.1 Å². The number of hydrogen-bond acceptors (Lipinski definition) is 5. The van der Waals surface area contributed by atoms with E-state index in [1.807, 2.05) is 6.92 Å². The van der Waals surface area contributed by atoms with Crippen molar-refractivity contribution < 1.29 is 8.42 Å². The Morgan fingerprint density at radius 1 is 1.30 bits per heavy atom. The van der Waals surface area contributed by atoms with Gasteiger partial charge in [-0.05, 0) is 13.8 Å². The molecule has 0 aliphatic rings. The summed E-state index contributed by atoms with van der Waals surface area (Å²) in [5.41, 5.74) is 7.76. The number of nitrogens with two attached hydrogens (primary N) is 1. The van der Waals surface area contributed by atoms with Gasteiger partial charge in [0, 0.05) is 32.4 Å². The molecule has 2 aromatic heterocycles. The van der Waals surface area contributed by atoms with Crippen LogP contribution in [0.3, 0.4) is 0 Å². The number of hydrogen-bond donors (Lipinski definition) is 2. The maximum atomic E-state index is 12.3. The second-order valence-corrected chi connectivity index (χ2v) is 6.37. The zero-order valence-corrected chi connectivity index (χ0v) is 12.7. The second-order valence-electron chi connectivity index (χ2n) is 4.66. The Hall–Kier alpha value is -1.87. The zero-order chi connectivity index (χ0) is 15.1. The predicted molar refractivity (Wildman–Crippen MR) is 74.3 cm³/mol. The van der Waals surface area contributed by atoms with Gasteiger partial charge in [-0.2, -0.15) is 10.2 Å². The molecule has 0 fully saturated rings. The summed E-state index contributed by atoms with van der Waals surface area (Å²) in [5, 5.41) is 8.08. The first-order valence-electron chi connectivity index (χ1n) is 6.00. The van der Waals surface area contributed by atoms with Crippen molar-refractivity contribution >= 4 is 15.8 Å². The molecule has 0 amide bonds. The van der Waals surface area contributed by atoms with Crippen LogP contribution in [0.2, 0.25) is 0 Å². The van der Waals surface area contributed by atoms with Crippen molar-refractivity contribution in [3.05, 3.63) is 23.1 Å². The van der Waals surface area contributed by atoms with E-state index in [9.17, 15) is 8.42 Å². The van der Waals surface area contributed by atoms with Crippen LogP contribution in [0.25, 0.3) is 0 Å². The molecule has 3 N–H and O–H groups in total. The van der Waals surface area contributed by atoms with E-state index in [-0.39, 0.29) is 17.3 Å². The third-order valence-corrected chi connectivity index (χ3v) is 4.71. The summed E-state index contributed by atoms with van der Waals surface area (Å²) in [7, 11) is -0.267. The molecule has 20 heavy (non-hydrogen) atoms. The largest absolute Gasteiger partial charge is 0.381 e. The molecule has 0 bridgehead atoms. The van der Waals surface area contributed by atoms with Crippen molar-refractivity contribution in [3.63, 3.8) is 0 Å². The molecule has 0 spiro atoms. The fourth-order valence-electron chi connectivity index (χ4n) is 2.01. The number of nitrogens with zero attached hydrogens (tertiary/aromatic N) is 4. The monoisotopic (exact) mass is 298 g/mol. The highest BCUT2D eigenvalue weighted by atomic mass is 32.2. The lowest BCUT2D eigenvalue weighted by atomic mass is 10.3. The van der Waals surface area contributed by atoms with Crippen molar-refractivity contribution in [2.45, 2.75) is 25.3 Å². The van der Waals surface area contributed by atoms with Gasteiger partial charge in [-0.25, -0.2) is 13.1 Å². The van der Waals surface area contributed by atoms with E-state index in [0.29, 0.717) is 5.69 Å². The maximum Gasteiger partial charge on any atom is 0.246 e. The highest BCUT2D eigenvalue weighted by Gasteiger charge is 2.24. The Kier molecular flexibility index (Phi) is 3.57. The summed E-state index contributed by atoms with van der Waals surface area (Å²) in [5.74, 6) is 0.000378. The van der Waals surface area contributed by atoms with Crippen LogP contribution in [-0.2, 0) is 30.7 Å². The van der Waals surface area contributed by atoms with Gasteiger partial charge in [0.1, 0.15) is 4.90 Å². The van der Waals surface area contributed by atoms with Crippen LogP contribution in [0.5, 0.6) is 0 Å². The summed E-state index contributed by atoms with van der Waals surface area (Å²) in [6, 6.07) is 0. The molecular formula is C11H18N6O2S. The van der Waals surface area contributed by atoms with Crippen molar-refractivity contribution in [2.75, 3.05) is 5.73 Å². The minimum Gasteiger partial charge on any atom is -0.381 e. The van der Waals surface area contributed by atoms with Gasteiger partial charge < -0.3 is 5.73 Å². The van der Waals surface area contributed by atoms with Gasteiger partial charge in [-0.15, -0.1) is 0 Å². The molecule has 2 aromatic rings. The van der Waals surface area contributed by atoms with Crippen LogP contribution >= 0.6 is 0 Å². The number of sulfonamides is 1. The van der Waals surface area contributed by atoms with Gasteiger partial charge in [-0.1, -0.05) is 0 Å². The number of aryl methyl sites for hydroxylation is 3. The fourth-order valence-corrected chi connectivity index (χ4v) is 3.34. The lowest BCUT2D eigenvalue weighted by Crippen LogP contribution is -2.24. The van der Waals surface area contributed by atoms with Crippen molar-refractivity contribution in [1.29, 1.82) is 0 Å². The molecule has 0 saturated heterocycles. The highest BCUT2D eigenvalue weighted by Crippen LogP contribution is 2.21. The van der Waals surface area contributed by atoms with E-state index in [2.05, 4.69) is 14.9 Å². The molecule has 0 aromatic carbocycles. The minimum atomic E-state index is -3.70. The van der Waals surface area contributed by atoms with Gasteiger partial charge in [0.15, 0.2) is 5.82 Å². The molecule has 0 saturated carbocycles. The van der Waals surface area contributed by atoms with E-state index >= 15 is 0 Å². The average Bonchev–Trinajstić information content (AvgIpc) is 2.77. The first-order valence-corrected chi connectivity index (χ1v) is 7.48. The van der Waals surface area contributed by atoms with Gasteiger partial charge in [0.05, 0.1) is 11.4 Å². The second kappa shape index (κ2) is 4.91. The summed E-state index contributed by atoms with van der Waals surface area (Å²) in [4.78, 5) is 0.0292. The van der Waals surface area contributed by atoms with E-state index in [1.54, 1.807) is 31.9 Å². The average molecular weight is 298 g/mol. The molecule has 9 heteroatoms. The van der Waals surface area contributed by atoms with Crippen molar-refractivity contribution in [3.8, 4) is 0 Å². The highest BCUT2D eigenvalue weighted by molar-refractivity contribution is 7.89. The molecule has 2 heterocycles. The lowest BCUT2D eigenvalue weighted by molar-refractivity contribution is 0.580. The molecular weight excluding hydrogens is 280 g/mol. The van der Waals surface area contributed by atoms with Crippen molar-refractivity contribution in [1.82, 2.24) is 24.3 Å². The fraction of sp³-hybridized carbons (Fsp3) is 0.455. The smallest absolute Gasteiger partial charge is 0.246 e. The summed E-state index contributed by atoms with van der Waals surface area (Å²) < 4.78 is 30.2. The quantitative estimate of drug-likeness (QED) is 0.815. The number of rotatable bonds is 4. The van der Waals surface area contributed by atoms with Gasteiger partial charge in [-0.3, -0.25) is 9.36 Å². The molecule has 110 valence electrons. The third-order valence-electron chi connectivity index (χ3n) is 3.14. The normalized spacial score (nSPS) is 12.0. The molecule has 2 rings (SSSR count). The first kappa shape index (κ1) is 14.5. The van der Waals surface area contributed by atoms with E-state index < -0.39 is 10.0 Å². The number of aromatic nitrogens is 4. The Morgan fingerprint density at radius 2 is 1.95 bits per heavy atom. The number of nitrogen functional groups attached to an aromatic ring is 1. The molecule has 0 atom stereocenters. The first-order chi connectivity index (χ1) is 9.22. The van der Waals surface area contributed by atoms with E-state index in [0.717, 1.165) is 11.3 Å². The molecule has 0 unspecified atom stereocenters. The van der Waals surface area contributed by atoms with Gasteiger partial charge in [0.2, 0.25) is 10.0 Å². The number of nitrogens with one attached hydrogen (secondary N) is 1. The van der Waals surface area contributed by atoms with E-state index in [4.69, 9.17) is 5.73 Å². The van der Waals surface area contributed by atoms with Crippen LogP contribution in [-0.4, -0.2) is 28.0 Å². The molecule has 8 nitrogen and oxygen atoms in total. The van der Waals surface area contributed by atoms with Gasteiger partial charge >= 0.3 is 0 Å². The van der Waals surface area contributed by atoms with Crippen LogP contribution in [0, 0.1) is 13.8 Å². The Bertz CT molecular complexity index is 743. The van der Waals surface area contributed by atoms with Gasteiger partial charge in [0.25, 0.3) is 0 Å². The summed E-state index contributed by atoms with van der Waals surface area (Å²) >= 11 is 0. The molecule has 0 aliphatic heterocycles. The SMILES string of the molecule is Cc1nn(C)cc1CNS(=O)(=O)c1c(N)nn(C)c1C. The summed E-state index contributed by atoms with van der Waals surface area (Å²) in [6.07, 6.45) is 1.78. The summed E-state index contributed by atoms with van der Waals surface area (Å²) in [6.45, 7) is 3.65. The maximum absolute atomic E-state index is 12.3. The Morgan fingerprint density at radius 3 is 2.40 bits per heavy atom. The Balaban J connectivity index is 2.26. The molecule has 0 aliphatic carbocycles. The molecule has 0 radical (unpaired) electrons. The predicted octanol–water partition coefficient (Wildman–Crippen LogP) is -0.169. The lowest BCUT2D eigenvalue weighted by Gasteiger charge is -2.06. The number of anilines is 1. The van der Waals surface area contributed by atoms with Crippen LogP contribution in [0.4, 0.5) is 5.82 Å². The topological polar surface area (TPSA) is 108 Å². The van der Waals surface area contributed by atoms with E-state index in [1.165, 1.54) is 4.68 Å². The standard InChI is InChI=1S/C11H18N6O2S/c1-7-9(6-16(3)14-7)5-13-20(18,19)10-8(2)17(4)15-11(10)12/h6,13H,5H2,1-4H3,(H2,12,15). The third kappa shape index (κ3) is 2.54. The van der Waals surface area contributed by atoms with Crippen LogP contribution in [0.15, 0.2) is 11.1 Å². The van der Waals surface area contributed by atoms with Crippen LogP contribution < -0.4 is 10.5 Å². The minimum absolute atomic E-state index is 0.000378. The zero-order valence-electron chi connectivity index (χ0n) is 11.9. The van der Waals surface area contributed by atoms with Crippen LogP contribution in [0.1, 0.15) is 17.0 Å².